The van der Waals surface area contributed by atoms with Crippen LogP contribution in [0.3, 0.4) is 0 Å². The van der Waals surface area contributed by atoms with Crippen molar-refractivity contribution in [1.82, 2.24) is 4.98 Å². The van der Waals surface area contributed by atoms with Gasteiger partial charge in [-0.1, -0.05) is 69.7 Å². The SMILES string of the molecule is O=C(Cc1cccc2ccccc12)N(CC1CCCO1)c1nc2ccc(Br)cc2s1. The molecule has 30 heavy (non-hydrogen) atoms. The quantitative estimate of drug-likeness (QED) is 0.353. The van der Waals surface area contributed by atoms with Crippen LogP contribution in [0.25, 0.3) is 21.0 Å². The number of hydrogen-bond acceptors (Lipinski definition) is 4. The normalized spacial score (nSPS) is 16.4. The van der Waals surface area contributed by atoms with Crippen molar-refractivity contribution < 1.29 is 9.53 Å². The first-order valence-corrected chi connectivity index (χ1v) is 11.7. The highest BCUT2D eigenvalue weighted by Crippen LogP contribution is 2.32. The lowest BCUT2D eigenvalue weighted by molar-refractivity contribution is -0.118. The number of hydrogen-bond donors (Lipinski definition) is 0. The highest BCUT2D eigenvalue weighted by molar-refractivity contribution is 9.10. The molecule has 1 aromatic heterocycles. The van der Waals surface area contributed by atoms with Crippen molar-refractivity contribution >= 4 is 59.3 Å². The fourth-order valence-electron chi connectivity index (χ4n) is 3.99. The van der Waals surface area contributed by atoms with Gasteiger partial charge in [0.1, 0.15) is 0 Å². The maximum Gasteiger partial charge on any atom is 0.233 e. The first-order valence-electron chi connectivity index (χ1n) is 10.1. The van der Waals surface area contributed by atoms with Gasteiger partial charge in [-0.3, -0.25) is 9.69 Å². The number of ether oxygens (including phenoxy) is 1. The minimum atomic E-state index is 0.0555. The number of fused-ring (bicyclic) bond motifs is 2. The van der Waals surface area contributed by atoms with Crippen molar-refractivity contribution in [3.63, 3.8) is 0 Å². The van der Waals surface area contributed by atoms with Crippen LogP contribution in [0.2, 0.25) is 0 Å². The molecule has 2 heterocycles. The van der Waals surface area contributed by atoms with Crippen LogP contribution in [0.4, 0.5) is 5.13 Å². The average molecular weight is 481 g/mol. The predicted molar refractivity (Wildman–Crippen MR) is 126 cm³/mol. The van der Waals surface area contributed by atoms with Crippen molar-refractivity contribution in [2.24, 2.45) is 0 Å². The Morgan fingerprint density at radius 1 is 1.17 bits per heavy atom. The lowest BCUT2D eigenvalue weighted by Gasteiger charge is -2.23. The van der Waals surface area contributed by atoms with Gasteiger partial charge in [-0.15, -0.1) is 0 Å². The Hall–Kier alpha value is -2.28. The van der Waals surface area contributed by atoms with Crippen molar-refractivity contribution in [2.75, 3.05) is 18.1 Å². The Morgan fingerprint density at radius 3 is 2.90 bits per heavy atom. The Morgan fingerprint density at radius 2 is 2.03 bits per heavy atom. The third-order valence-corrected chi connectivity index (χ3v) is 7.04. The molecular formula is C24H21BrN2O2S. The van der Waals surface area contributed by atoms with E-state index in [1.807, 2.05) is 41.3 Å². The fourth-order valence-corrected chi connectivity index (χ4v) is 5.53. The molecule has 0 saturated carbocycles. The van der Waals surface area contributed by atoms with E-state index in [2.05, 4.69) is 40.2 Å². The molecule has 0 spiro atoms. The van der Waals surface area contributed by atoms with E-state index in [0.717, 1.165) is 55.6 Å². The van der Waals surface area contributed by atoms with Crippen LogP contribution in [-0.4, -0.2) is 30.1 Å². The molecular weight excluding hydrogens is 460 g/mol. The summed E-state index contributed by atoms with van der Waals surface area (Å²) in [6.45, 7) is 1.31. The fraction of sp³-hybridized carbons (Fsp3) is 0.250. The first kappa shape index (κ1) is 19.7. The second-order valence-electron chi connectivity index (χ2n) is 7.56. The number of carbonyl (C=O) groups is 1. The molecule has 0 bridgehead atoms. The van der Waals surface area contributed by atoms with Gasteiger partial charge in [-0.05, 0) is 47.4 Å². The topological polar surface area (TPSA) is 42.4 Å². The van der Waals surface area contributed by atoms with E-state index in [4.69, 9.17) is 9.72 Å². The molecule has 1 aliphatic rings. The minimum Gasteiger partial charge on any atom is -0.376 e. The third kappa shape index (κ3) is 4.00. The van der Waals surface area contributed by atoms with Crippen LogP contribution in [0.1, 0.15) is 18.4 Å². The van der Waals surface area contributed by atoms with Crippen LogP contribution in [0.5, 0.6) is 0 Å². The summed E-state index contributed by atoms with van der Waals surface area (Å²) in [5.41, 5.74) is 1.95. The summed E-state index contributed by atoms with van der Waals surface area (Å²) in [6.07, 6.45) is 2.44. The Kier molecular flexibility index (Phi) is 5.54. The number of nitrogens with zero attached hydrogens (tertiary/aromatic N) is 2. The van der Waals surface area contributed by atoms with E-state index in [-0.39, 0.29) is 12.0 Å². The first-order chi connectivity index (χ1) is 14.7. The highest BCUT2D eigenvalue weighted by atomic mass is 79.9. The zero-order valence-electron chi connectivity index (χ0n) is 16.4. The van der Waals surface area contributed by atoms with E-state index in [1.165, 1.54) is 0 Å². The summed E-state index contributed by atoms with van der Waals surface area (Å²) in [4.78, 5) is 20.1. The smallest absolute Gasteiger partial charge is 0.233 e. The molecule has 1 saturated heterocycles. The molecule has 0 radical (unpaired) electrons. The molecule has 6 heteroatoms. The molecule has 4 aromatic rings. The molecule has 0 N–H and O–H groups in total. The van der Waals surface area contributed by atoms with Crippen molar-refractivity contribution in [2.45, 2.75) is 25.4 Å². The van der Waals surface area contributed by atoms with Gasteiger partial charge in [0.25, 0.3) is 0 Å². The molecule has 152 valence electrons. The summed E-state index contributed by atoms with van der Waals surface area (Å²) >= 11 is 5.08. The van der Waals surface area contributed by atoms with Gasteiger partial charge >= 0.3 is 0 Å². The van der Waals surface area contributed by atoms with Gasteiger partial charge in [0.2, 0.25) is 5.91 Å². The van der Waals surface area contributed by atoms with Crippen LogP contribution in [0.15, 0.2) is 65.1 Å². The Bertz CT molecular complexity index is 1210. The lowest BCUT2D eigenvalue weighted by Crippen LogP contribution is -2.38. The third-order valence-electron chi connectivity index (χ3n) is 5.50. The minimum absolute atomic E-state index is 0.0555. The molecule has 5 rings (SSSR count). The monoisotopic (exact) mass is 480 g/mol. The number of benzene rings is 3. The molecule has 1 unspecified atom stereocenters. The zero-order chi connectivity index (χ0) is 20.5. The Labute approximate surface area is 187 Å². The molecule has 1 atom stereocenters. The van der Waals surface area contributed by atoms with Gasteiger partial charge in [0.05, 0.1) is 29.3 Å². The molecule has 3 aromatic carbocycles. The van der Waals surface area contributed by atoms with E-state index in [1.54, 1.807) is 11.3 Å². The largest absolute Gasteiger partial charge is 0.376 e. The van der Waals surface area contributed by atoms with Gasteiger partial charge in [-0.2, -0.15) is 0 Å². The van der Waals surface area contributed by atoms with Gasteiger partial charge < -0.3 is 4.74 Å². The highest BCUT2D eigenvalue weighted by Gasteiger charge is 2.26. The maximum atomic E-state index is 13.5. The Balaban J connectivity index is 1.49. The van der Waals surface area contributed by atoms with Gasteiger partial charge in [-0.25, -0.2) is 4.98 Å². The number of amides is 1. The number of carbonyl (C=O) groups excluding carboxylic acids is 1. The van der Waals surface area contributed by atoms with E-state index >= 15 is 0 Å². The van der Waals surface area contributed by atoms with Crippen molar-refractivity contribution in [3.05, 3.63) is 70.7 Å². The summed E-state index contributed by atoms with van der Waals surface area (Å²) in [5.74, 6) is 0.0555. The molecule has 1 amide bonds. The number of anilines is 1. The lowest BCUT2D eigenvalue weighted by atomic mass is 10.0. The molecule has 0 aliphatic carbocycles. The van der Waals surface area contributed by atoms with E-state index in [9.17, 15) is 4.79 Å². The average Bonchev–Trinajstić information content (AvgIpc) is 3.41. The van der Waals surface area contributed by atoms with Crippen LogP contribution >= 0.6 is 27.3 Å². The predicted octanol–water partition coefficient (Wildman–Crippen LogP) is 5.97. The summed E-state index contributed by atoms with van der Waals surface area (Å²) in [5, 5.41) is 3.01. The van der Waals surface area contributed by atoms with E-state index in [0.29, 0.717) is 13.0 Å². The van der Waals surface area contributed by atoms with Crippen LogP contribution in [-0.2, 0) is 16.0 Å². The number of rotatable bonds is 5. The van der Waals surface area contributed by atoms with Gasteiger partial charge in [0, 0.05) is 11.1 Å². The number of halogens is 1. The number of aromatic nitrogens is 1. The summed E-state index contributed by atoms with van der Waals surface area (Å²) in [7, 11) is 0. The van der Waals surface area contributed by atoms with Crippen molar-refractivity contribution in [1.29, 1.82) is 0 Å². The van der Waals surface area contributed by atoms with E-state index < -0.39 is 0 Å². The second kappa shape index (κ2) is 8.46. The number of thiazole rings is 1. The standard InChI is InChI=1S/C24H21BrN2O2S/c25-18-10-11-21-22(14-18)30-24(26-21)27(15-19-8-4-12-29-19)23(28)13-17-7-3-6-16-5-1-2-9-20(16)17/h1-3,5-7,9-11,14,19H,4,8,12-13,15H2. The van der Waals surface area contributed by atoms with Crippen LogP contribution in [0, 0.1) is 0 Å². The molecule has 4 nitrogen and oxygen atoms in total. The zero-order valence-corrected chi connectivity index (χ0v) is 18.8. The summed E-state index contributed by atoms with van der Waals surface area (Å²) < 4.78 is 7.92. The maximum absolute atomic E-state index is 13.5. The molecule has 1 fully saturated rings. The molecule has 1 aliphatic heterocycles. The second-order valence-corrected chi connectivity index (χ2v) is 9.49. The summed E-state index contributed by atoms with van der Waals surface area (Å²) in [6, 6.07) is 20.4. The van der Waals surface area contributed by atoms with Gasteiger partial charge in [0.15, 0.2) is 5.13 Å². The van der Waals surface area contributed by atoms with Crippen molar-refractivity contribution in [3.8, 4) is 0 Å². The van der Waals surface area contributed by atoms with Crippen LogP contribution < -0.4 is 4.90 Å².